The van der Waals surface area contributed by atoms with E-state index < -0.39 is 5.97 Å². The van der Waals surface area contributed by atoms with Crippen LogP contribution in [0.5, 0.6) is 5.75 Å². The van der Waals surface area contributed by atoms with E-state index >= 15 is 0 Å². The molecule has 2 fully saturated rings. The molecule has 168 valence electrons. The highest BCUT2D eigenvalue weighted by Gasteiger charge is 2.22. The predicted molar refractivity (Wildman–Crippen MR) is 119 cm³/mol. The van der Waals surface area contributed by atoms with E-state index in [2.05, 4.69) is 15.0 Å². The molecule has 0 spiro atoms. The van der Waals surface area contributed by atoms with Crippen LogP contribution in [-0.2, 0) is 4.74 Å². The lowest BCUT2D eigenvalue weighted by atomic mass is 9.98. The largest absolute Gasteiger partial charge is 0.489 e. The standard InChI is InChI=1S/C22H24ClN5O4/c23-17-11-18-16(10-19(17)32-15-4-2-1-3-5-15)20(27-6-8-31-9-7-27)26-22(25-18)28-13-14(12-24-28)21(29)30/h10-13,15H,1-9H2,(H,29,30). The zero-order valence-corrected chi connectivity index (χ0v) is 18.3. The summed E-state index contributed by atoms with van der Waals surface area (Å²) in [7, 11) is 0. The van der Waals surface area contributed by atoms with Gasteiger partial charge in [0.05, 0.1) is 41.6 Å². The van der Waals surface area contributed by atoms with Crippen LogP contribution in [0, 0.1) is 0 Å². The third-order valence-corrected chi connectivity index (χ3v) is 6.20. The highest BCUT2D eigenvalue weighted by atomic mass is 35.5. The SMILES string of the molecule is O=C(O)c1cnn(-c2nc(N3CCOCC3)c3cc(OC4CCCCC4)c(Cl)cc3n2)c1. The molecule has 3 aromatic rings. The first kappa shape index (κ1) is 21.0. The molecular weight excluding hydrogens is 434 g/mol. The summed E-state index contributed by atoms with van der Waals surface area (Å²) in [6, 6.07) is 3.71. The fourth-order valence-electron chi connectivity index (χ4n) is 4.22. The number of morpholine rings is 1. The lowest BCUT2D eigenvalue weighted by molar-refractivity contribution is 0.0697. The Balaban J connectivity index is 1.59. The first-order valence-electron chi connectivity index (χ1n) is 10.9. The summed E-state index contributed by atoms with van der Waals surface area (Å²) in [6.07, 6.45) is 8.50. The zero-order valence-electron chi connectivity index (χ0n) is 17.5. The number of rotatable bonds is 5. The smallest absolute Gasteiger partial charge is 0.338 e. The molecule has 1 saturated carbocycles. The highest BCUT2D eigenvalue weighted by molar-refractivity contribution is 6.33. The maximum absolute atomic E-state index is 11.3. The van der Waals surface area contributed by atoms with Crippen molar-refractivity contribution in [3.8, 4) is 11.7 Å². The van der Waals surface area contributed by atoms with E-state index in [1.54, 1.807) is 6.07 Å². The van der Waals surface area contributed by atoms with Crippen molar-refractivity contribution in [1.29, 1.82) is 0 Å². The van der Waals surface area contributed by atoms with Crippen LogP contribution in [0.2, 0.25) is 5.02 Å². The van der Waals surface area contributed by atoms with Crippen LogP contribution < -0.4 is 9.64 Å². The highest BCUT2D eigenvalue weighted by Crippen LogP contribution is 2.36. The van der Waals surface area contributed by atoms with Crippen LogP contribution in [0.1, 0.15) is 42.5 Å². The molecule has 1 aliphatic heterocycles. The number of fused-ring (bicyclic) bond motifs is 1. The predicted octanol–water partition coefficient (Wildman–Crippen LogP) is 3.72. The molecule has 0 unspecified atom stereocenters. The van der Waals surface area contributed by atoms with E-state index in [1.807, 2.05) is 6.07 Å². The minimum absolute atomic E-state index is 0.0656. The van der Waals surface area contributed by atoms with Gasteiger partial charge in [-0.2, -0.15) is 10.1 Å². The Bertz CT molecular complexity index is 1140. The number of anilines is 1. The number of aromatic nitrogens is 4. The first-order chi connectivity index (χ1) is 15.6. The maximum Gasteiger partial charge on any atom is 0.338 e. The van der Waals surface area contributed by atoms with Crippen LogP contribution in [0.4, 0.5) is 5.82 Å². The maximum atomic E-state index is 11.3. The van der Waals surface area contributed by atoms with E-state index in [-0.39, 0.29) is 17.6 Å². The average molecular weight is 458 g/mol. The Morgan fingerprint density at radius 3 is 2.66 bits per heavy atom. The number of benzene rings is 1. The van der Waals surface area contributed by atoms with Gasteiger partial charge < -0.3 is 19.5 Å². The summed E-state index contributed by atoms with van der Waals surface area (Å²) < 4.78 is 13.1. The minimum atomic E-state index is -1.06. The van der Waals surface area contributed by atoms with Gasteiger partial charge in [-0.05, 0) is 37.8 Å². The average Bonchev–Trinajstić information content (AvgIpc) is 3.31. The topological polar surface area (TPSA) is 103 Å². The van der Waals surface area contributed by atoms with Crippen LogP contribution in [0.25, 0.3) is 16.9 Å². The van der Waals surface area contributed by atoms with E-state index in [1.165, 1.54) is 36.3 Å². The number of ether oxygens (including phenoxy) is 2. The number of hydrogen-bond acceptors (Lipinski definition) is 7. The molecule has 0 bridgehead atoms. The third-order valence-electron chi connectivity index (χ3n) is 5.91. The second-order valence-electron chi connectivity index (χ2n) is 8.10. The van der Waals surface area contributed by atoms with Crippen molar-refractivity contribution in [2.45, 2.75) is 38.2 Å². The van der Waals surface area contributed by atoms with Crippen molar-refractivity contribution in [3.05, 3.63) is 35.1 Å². The van der Waals surface area contributed by atoms with Crippen LogP contribution in [0.15, 0.2) is 24.5 Å². The molecule has 0 atom stereocenters. The number of hydrogen-bond donors (Lipinski definition) is 1. The summed E-state index contributed by atoms with van der Waals surface area (Å²) in [5.74, 6) is 0.594. The second-order valence-corrected chi connectivity index (χ2v) is 8.51. The van der Waals surface area contributed by atoms with Crippen LogP contribution in [-0.4, -0.2) is 63.2 Å². The van der Waals surface area contributed by atoms with Gasteiger partial charge in [0.2, 0.25) is 0 Å². The van der Waals surface area contributed by atoms with Crippen molar-refractivity contribution in [1.82, 2.24) is 19.7 Å². The minimum Gasteiger partial charge on any atom is -0.489 e. The number of halogens is 1. The summed E-state index contributed by atoms with van der Waals surface area (Å²) in [5.41, 5.74) is 0.709. The number of carboxylic acids is 1. The number of carboxylic acid groups (broad SMARTS) is 1. The summed E-state index contributed by atoms with van der Waals surface area (Å²) >= 11 is 6.59. The van der Waals surface area contributed by atoms with Crippen molar-refractivity contribution in [2.75, 3.05) is 31.2 Å². The quantitative estimate of drug-likeness (QED) is 0.618. The van der Waals surface area contributed by atoms with Gasteiger partial charge in [-0.1, -0.05) is 18.0 Å². The van der Waals surface area contributed by atoms with Crippen LogP contribution in [0.3, 0.4) is 0 Å². The molecule has 0 amide bonds. The third kappa shape index (κ3) is 4.22. The zero-order chi connectivity index (χ0) is 22.1. The molecule has 2 aliphatic rings. The number of aromatic carboxylic acids is 1. The summed E-state index contributed by atoms with van der Waals surface area (Å²) in [5, 5.41) is 14.7. The Morgan fingerprint density at radius 2 is 1.94 bits per heavy atom. The molecule has 10 heteroatoms. The molecule has 9 nitrogen and oxygen atoms in total. The van der Waals surface area contributed by atoms with Gasteiger partial charge in [0.15, 0.2) is 0 Å². The lowest BCUT2D eigenvalue weighted by Gasteiger charge is -2.29. The monoisotopic (exact) mass is 457 g/mol. The van der Waals surface area contributed by atoms with Gasteiger partial charge in [0.1, 0.15) is 11.6 Å². The fraction of sp³-hybridized carbons (Fsp3) is 0.455. The normalized spacial score (nSPS) is 17.6. The fourth-order valence-corrected chi connectivity index (χ4v) is 4.42. The van der Waals surface area contributed by atoms with Gasteiger partial charge in [0, 0.05) is 24.7 Å². The number of carbonyl (C=O) groups is 1. The summed E-state index contributed by atoms with van der Waals surface area (Å²) in [6.45, 7) is 2.58. The Morgan fingerprint density at radius 1 is 1.16 bits per heavy atom. The molecule has 1 aliphatic carbocycles. The van der Waals surface area contributed by atoms with E-state index in [0.717, 1.165) is 24.0 Å². The van der Waals surface area contributed by atoms with E-state index in [4.69, 9.17) is 26.1 Å². The molecule has 1 N–H and O–H groups in total. The Kier molecular flexibility index (Phi) is 5.84. The first-order valence-corrected chi connectivity index (χ1v) is 11.3. The molecule has 3 heterocycles. The van der Waals surface area contributed by atoms with Crippen molar-refractivity contribution >= 4 is 34.3 Å². The van der Waals surface area contributed by atoms with Gasteiger partial charge in [-0.3, -0.25) is 0 Å². The number of nitrogens with zero attached hydrogens (tertiary/aromatic N) is 5. The molecule has 32 heavy (non-hydrogen) atoms. The van der Waals surface area contributed by atoms with Crippen LogP contribution >= 0.6 is 11.6 Å². The Hall–Kier alpha value is -2.91. The lowest BCUT2D eigenvalue weighted by Crippen LogP contribution is -2.37. The molecule has 1 saturated heterocycles. The molecule has 0 radical (unpaired) electrons. The van der Waals surface area contributed by atoms with Gasteiger partial charge >= 0.3 is 5.97 Å². The van der Waals surface area contributed by atoms with Crippen molar-refractivity contribution in [3.63, 3.8) is 0 Å². The molecule has 2 aromatic heterocycles. The van der Waals surface area contributed by atoms with Crippen molar-refractivity contribution < 1.29 is 19.4 Å². The molecule has 1 aromatic carbocycles. The van der Waals surface area contributed by atoms with Crippen molar-refractivity contribution in [2.24, 2.45) is 0 Å². The van der Waals surface area contributed by atoms with E-state index in [9.17, 15) is 9.90 Å². The van der Waals surface area contributed by atoms with E-state index in [0.29, 0.717) is 42.6 Å². The second kappa shape index (κ2) is 8.91. The molecular formula is C22H24ClN5O4. The van der Waals surface area contributed by atoms with Gasteiger partial charge in [-0.25, -0.2) is 14.5 Å². The van der Waals surface area contributed by atoms with Gasteiger partial charge in [-0.15, -0.1) is 0 Å². The van der Waals surface area contributed by atoms with Gasteiger partial charge in [0.25, 0.3) is 5.95 Å². The Labute approximate surface area is 189 Å². The molecule has 5 rings (SSSR count). The summed E-state index contributed by atoms with van der Waals surface area (Å²) in [4.78, 5) is 22.8.